The lowest BCUT2D eigenvalue weighted by Gasteiger charge is -2.29. The third-order valence-electron chi connectivity index (χ3n) is 3.78. The maximum Gasteiger partial charge on any atom is 0.0309 e. The van der Waals surface area contributed by atoms with Crippen LogP contribution in [0.3, 0.4) is 0 Å². The van der Waals surface area contributed by atoms with Crippen LogP contribution >= 0.6 is 0 Å². The first kappa shape index (κ1) is 9.26. The molecule has 1 nitrogen and oxygen atoms in total. The SMILES string of the molecule is CCC1CC2CCC=CC2N1CC. The molecule has 1 heteroatoms. The fraction of sp³-hybridized carbons (Fsp3) is 0.833. The third-order valence-corrected chi connectivity index (χ3v) is 3.78. The summed E-state index contributed by atoms with van der Waals surface area (Å²) in [6.07, 6.45) is 10.3. The number of nitrogens with zero attached hydrogens (tertiary/aromatic N) is 1. The zero-order chi connectivity index (χ0) is 9.26. The van der Waals surface area contributed by atoms with Gasteiger partial charge in [0.15, 0.2) is 0 Å². The van der Waals surface area contributed by atoms with Crippen LogP contribution in [0, 0.1) is 5.92 Å². The normalized spacial score (nSPS) is 39.4. The van der Waals surface area contributed by atoms with E-state index in [-0.39, 0.29) is 0 Å². The number of likely N-dealkylation sites (N-methyl/N-ethyl adjacent to an activating group) is 1. The topological polar surface area (TPSA) is 3.24 Å². The van der Waals surface area contributed by atoms with Gasteiger partial charge in [0, 0.05) is 12.1 Å². The van der Waals surface area contributed by atoms with Gasteiger partial charge in [0.1, 0.15) is 0 Å². The Morgan fingerprint density at radius 1 is 1.38 bits per heavy atom. The molecule has 0 amide bonds. The highest BCUT2D eigenvalue weighted by molar-refractivity contribution is 5.08. The summed E-state index contributed by atoms with van der Waals surface area (Å²) < 4.78 is 0. The van der Waals surface area contributed by atoms with Crippen molar-refractivity contribution < 1.29 is 0 Å². The van der Waals surface area contributed by atoms with Gasteiger partial charge < -0.3 is 0 Å². The molecule has 2 rings (SSSR count). The van der Waals surface area contributed by atoms with E-state index >= 15 is 0 Å². The van der Waals surface area contributed by atoms with Crippen molar-refractivity contribution in [2.24, 2.45) is 5.92 Å². The van der Waals surface area contributed by atoms with Crippen molar-refractivity contribution in [3.63, 3.8) is 0 Å². The quantitative estimate of drug-likeness (QED) is 0.589. The van der Waals surface area contributed by atoms with E-state index in [1.165, 1.54) is 32.2 Å². The van der Waals surface area contributed by atoms with E-state index in [2.05, 4.69) is 30.9 Å². The van der Waals surface area contributed by atoms with Crippen molar-refractivity contribution in [1.29, 1.82) is 0 Å². The van der Waals surface area contributed by atoms with E-state index in [0.29, 0.717) is 0 Å². The Hall–Kier alpha value is -0.300. The standard InChI is InChI=1S/C12H21N/c1-3-11-9-10-7-5-6-8-12(10)13(11)4-2/h6,8,10-12H,3-5,7,9H2,1-2H3. The Kier molecular flexibility index (Phi) is 2.73. The fourth-order valence-electron chi connectivity index (χ4n) is 3.11. The first-order valence-electron chi connectivity index (χ1n) is 5.79. The predicted octanol–water partition coefficient (Wildman–Crippen LogP) is 2.83. The summed E-state index contributed by atoms with van der Waals surface area (Å²) in [6.45, 7) is 5.85. The van der Waals surface area contributed by atoms with Crippen LogP contribution < -0.4 is 0 Å². The summed E-state index contributed by atoms with van der Waals surface area (Å²) in [5, 5.41) is 0. The van der Waals surface area contributed by atoms with Gasteiger partial charge in [-0.1, -0.05) is 26.0 Å². The molecule has 0 aromatic heterocycles. The predicted molar refractivity (Wildman–Crippen MR) is 56.7 cm³/mol. The molecule has 3 atom stereocenters. The highest BCUT2D eigenvalue weighted by atomic mass is 15.2. The Balaban J connectivity index is 2.12. The van der Waals surface area contributed by atoms with Gasteiger partial charge in [0.25, 0.3) is 0 Å². The second kappa shape index (κ2) is 3.83. The maximum absolute atomic E-state index is 2.69. The first-order valence-corrected chi connectivity index (χ1v) is 5.79. The summed E-state index contributed by atoms with van der Waals surface area (Å²) in [5.41, 5.74) is 0. The zero-order valence-corrected chi connectivity index (χ0v) is 8.87. The number of rotatable bonds is 2. The average Bonchev–Trinajstić information content (AvgIpc) is 2.55. The molecule has 0 saturated carbocycles. The Morgan fingerprint density at radius 2 is 2.23 bits per heavy atom. The van der Waals surface area contributed by atoms with Crippen LogP contribution in [0.2, 0.25) is 0 Å². The highest BCUT2D eigenvalue weighted by Crippen LogP contribution is 2.37. The monoisotopic (exact) mass is 179 g/mol. The summed E-state index contributed by atoms with van der Waals surface area (Å²) in [7, 11) is 0. The van der Waals surface area contributed by atoms with E-state index in [9.17, 15) is 0 Å². The van der Waals surface area contributed by atoms with E-state index in [1.54, 1.807) is 0 Å². The van der Waals surface area contributed by atoms with E-state index in [0.717, 1.165) is 18.0 Å². The first-order chi connectivity index (χ1) is 6.36. The van der Waals surface area contributed by atoms with Crippen molar-refractivity contribution >= 4 is 0 Å². The molecule has 2 aliphatic rings. The molecule has 0 bridgehead atoms. The summed E-state index contributed by atoms with van der Waals surface area (Å²) >= 11 is 0. The van der Waals surface area contributed by atoms with E-state index in [1.807, 2.05) is 0 Å². The lowest BCUT2D eigenvalue weighted by molar-refractivity contribution is 0.212. The van der Waals surface area contributed by atoms with Gasteiger partial charge >= 0.3 is 0 Å². The number of likely N-dealkylation sites (tertiary alicyclic amines) is 1. The molecule has 1 saturated heterocycles. The van der Waals surface area contributed by atoms with Crippen molar-refractivity contribution in [3.05, 3.63) is 12.2 Å². The third kappa shape index (κ3) is 1.54. The van der Waals surface area contributed by atoms with Crippen LogP contribution in [0.4, 0.5) is 0 Å². The van der Waals surface area contributed by atoms with Crippen LogP contribution in [0.1, 0.15) is 39.5 Å². The molecular formula is C12H21N. The highest BCUT2D eigenvalue weighted by Gasteiger charge is 2.38. The summed E-state index contributed by atoms with van der Waals surface area (Å²) in [4.78, 5) is 2.69. The average molecular weight is 179 g/mol. The largest absolute Gasteiger partial charge is 0.294 e. The van der Waals surface area contributed by atoms with Crippen LogP contribution in [0.25, 0.3) is 0 Å². The van der Waals surface area contributed by atoms with Gasteiger partial charge in [0.2, 0.25) is 0 Å². The van der Waals surface area contributed by atoms with Gasteiger partial charge in [-0.05, 0) is 38.1 Å². The second-order valence-corrected chi connectivity index (χ2v) is 4.38. The molecule has 13 heavy (non-hydrogen) atoms. The molecule has 3 unspecified atom stereocenters. The lowest BCUT2D eigenvalue weighted by Crippen LogP contribution is -2.36. The van der Waals surface area contributed by atoms with Crippen LogP contribution in [0.5, 0.6) is 0 Å². The van der Waals surface area contributed by atoms with E-state index in [4.69, 9.17) is 0 Å². The molecule has 0 radical (unpaired) electrons. The molecule has 1 aliphatic heterocycles. The molecule has 1 aliphatic carbocycles. The molecule has 74 valence electrons. The number of hydrogen-bond donors (Lipinski definition) is 0. The van der Waals surface area contributed by atoms with Crippen molar-refractivity contribution in [2.75, 3.05) is 6.54 Å². The Bertz CT molecular complexity index is 197. The van der Waals surface area contributed by atoms with Gasteiger partial charge in [-0.2, -0.15) is 0 Å². The van der Waals surface area contributed by atoms with E-state index < -0.39 is 0 Å². The number of allylic oxidation sites excluding steroid dienone is 1. The summed E-state index contributed by atoms with van der Waals surface area (Å²) in [5.74, 6) is 0.967. The molecular weight excluding hydrogens is 158 g/mol. The van der Waals surface area contributed by atoms with Gasteiger partial charge in [-0.15, -0.1) is 0 Å². The summed E-state index contributed by atoms with van der Waals surface area (Å²) in [6, 6.07) is 1.64. The molecule has 0 aromatic rings. The van der Waals surface area contributed by atoms with Crippen LogP contribution in [-0.4, -0.2) is 23.5 Å². The minimum Gasteiger partial charge on any atom is -0.294 e. The lowest BCUT2D eigenvalue weighted by atomic mass is 9.89. The number of fused-ring (bicyclic) bond motifs is 1. The van der Waals surface area contributed by atoms with Crippen molar-refractivity contribution in [2.45, 2.75) is 51.6 Å². The molecule has 0 aromatic carbocycles. The smallest absolute Gasteiger partial charge is 0.0309 e. The molecule has 0 spiro atoms. The molecule has 1 fully saturated rings. The van der Waals surface area contributed by atoms with Gasteiger partial charge in [0.05, 0.1) is 0 Å². The van der Waals surface area contributed by atoms with Gasteiger partial charge in [-0.3, -0.25) is 4.90 Å². The second-order valence-electron chi connectivity index (χ2n) is 4.38. The van der Waals surface area contributed by atoms with Gasteiger partial charge in [-0.25, -0.2) is 0 Å². The zero-order valence-electron chi connectivity index (χ0n) is 8.87. The van der Waals surface area contributed by atoms with Crippen LogP contribution in [-0.2, 0) is 0 Å². The molecule has 1 heterocycles. The fourth-order valence-corrected chi connectivity index (χ4v) is 3.11. The number of hydrogen-bond acceptors (Lipinski definition) is 1. The minimum absolute atomic E-state index is 0.781. The van der Waals surface area contributed by atoms with Crippen molar-refractivity contribution in [3.8, 4) is 0 Å². The maximum atomic E-state index is 2.69. The van der Waals surface area contributed by atoms with Crippen LogP contribution in [0.15, 0.2) is 12.2 Å². The Morgan fingerprint density at radius 3 is 2.92 bits per heavy atom. The molecule has 0 N–H and O–H groups in total. The Labute approximate surface area is 81.8 Å². The minimum atomic E-state index is 0.781. The van der Waals surface area contributed by atoms with Crippen molar-refractivity contribution in [1.82, 2.24) is 4.90 Å².